The molecule has 2 aromatic carbocycles. The summed E-state index contributed by atoms with van der Waals surface area (Å²) in [5.41, 5.74) is 3.08. The molecular formula is C17H15BrN2O. The number of rotatable bonds is 5. The van der Waals surface area contributed by atoms with Gasteiger partial charge in [-0.05, 0) is 54.8 Å². The van der Waals surface area contributed by atoms with Gasteiger partial charge in [-0.25, -0.2) is 0 Å². The zero-order valence-corrected chi connectivity index (χ0v) is 13.1. The van der Waals surface area contributed by atoms with Crippen LogP contribution in [0, 0.1) is 11.3 Å². The van der Waals surface area contributed by atoms with Gasteiger partial charge in [0.15, 0.2) is 0 Å². The van der Waals surface area contributed by atoms with Crippen molar-refractivity contribution in [2.45, 2.75) is 12.8 Å². The van der Waals surface area contributed by atoms with E-state index in [1.54, 1.807) is 24.3 Å². The summed E-state index contributed by atoms with van der Waals surface area (Å²) in [4.78, 5) is 12.1. The Hall–Kier alpha value is -2.12. The van der Waals surface area contributed by atoms with E-state index in [9.17, 15) is 4.79 Å². The van der Waals surface area contributed by atoms with Gasteiger partial charge in [-0.2, -0.15) is 5.26 Å². The van der Waals surface area contributed by atoms with Crippen LogP contribution in [0.5, 0.6) is 0 Å². The molecule has 1 amide bonds. The van der Waals surface area contributed by atoms with Gasteiger partial charge in [0.2, 0.25) is 0 Å². The molecule has 2 aromatic rings. The van der Waals surface area contributed by atoms with Crippen molar-refractivity contribution in [2.75, 3.05) is 10.6 Å². The molecule has 106 valence electrons. The highest BCUT2D eigenvalue weighted by atomic mass is 79.9. The molecule has 0 aliphatic rings. The molecule has 0 saturated carbocycles. The quantitative estimate of drug-likeness (QED) is 0.830. The summed E-state index contributed by atoms with van der Waals surface area (Å²) in [5, 5.41) is 12.6. The molecule has 21 heavy (non-hydrogen) atoms. The molecule has 0 aliphatic carbocycles. The molecule has 0 aromatic heterocycles. The van der Waals surface area contributed by atoms with Crippen molar-refractivity contribution in [3.63, 3.8) is 0 Å². The van der Waals surface area contributed by atoms with Crippen LogP contribution in [-0.4, -0.2) is 11.2 Å². The maximum absolute atomic E-state index is 12.1. The van der Waals surface area contributed by atoms with E-state index < -0.39 is 0 Å². The molecule has 4 heteroatoms. The first kappa shape index (κ1) is 15.3. The topological polar surface area (TPSA) is 52.9 Å². The number of nitrogens with zero attached hydrogens (tertiary/aromatic N) is 1. The Kier molecular flexibility index (Phi) is 5.53. The van der Waals surface area contributed by atoms with Crippen LogP contribution in [0.1, 0.15) is 27.9 Å². The summed E-state index contributed by atoms with van der Waals surface area (Å²) in [6.45, 7) is 0. The van der Waals surface area contributed by atoms with Crippen LogP contribution in [0.15, 0.2) is 48.5 Å². The van der Waals surface area contributed by atoms with E-state index in [4.69, 9.17) is 5.26 Å². The molecule has 3 nitrogen and oxygen atoms in total. The second-order valence-corrected chi connectivity index (χ2v) is 5.43. The number of hydrogen-bond donors (Lipinski definition) is 1. The summed E-state index contributed by atoms with van der Waals surface area (Å²) >= 11 is 3.42. The smallest absolute Gasteiger partial charge is 0.255 e. The third kappa shape index (κ3) is 4.44. The Morgan fingerprint density at radius 2 is 1.95 bits per heavy atom. The standard InChI is InChI=1S/C17H15BrN2O/c18-10-2-4-13-3-1-5-16(11-13)20-17(21)15-8-6-14(12-19)7-9-15/h1,3,5-9,11H,2,4,10H2,(H,20,21). The first-order valence-corrected chi connectivity index (χ1v) is 7.81. The lowest BCUT2D eigenvalue weighted by atomic mass is 10.1. The number of carbonyl (C=O) groups excluding carboxylic acids is 1. The van der Waals surface area contributed by atoms with Gasteiger partial charge in [-0.3, -0.25) is 4.79 Å². The molecule has 0 radical (unpaired) electrons. The lowest BCUT2D eigenvalue weighted by Gasteiger charge is -2.07. The first-order valence-electron chi connectivity index (χ1n) is 6.69. The molecule has 0 fully saturated rings. The van der Waals surface area contributed by atoms with E-state index in [1.807, 2.05) is 24.3 Å². The van der Waals surface area contributed by atoms with Crippen molar-refractivity contribution in [2.24, 2.45) is 0 Å². The van der Waals surface area contributed by atoms with Crippen molar-refractivity contribution in [3.8, 4) is 6.07 Å². The third-order valence-electron chi connectivity index (χ3n) is 3.06. The van der Waals surface area contributed by atoms with E-state index in [0.29, 0.717) is 11.1 Å². The average molecular weight is 343 g/mol. The van der Waals surface area contributed by atoms with E-state index in [0.717, 1.165) is 23.9 Å². The second-order valence-electron chi connectivity index (χ2n) is 4.64. The summed E-state index contributed by atoms with van der Waals surface area (Å²) < 4.78 is 0. The normalized spacial score (nSPS) is 9.90. The van der Waals surface area contributed by atoms with E-state index in [-0.39, 0.29) is 5.91 Å². The highest BCUT2D eigenvalue weighted by molar-refractivity contribution is 9.09. The van der Waals surface area contributed by atoms with Crippen molar-refractivity contribution >= 4 is 27.5 Å². The van der Waals surface area contributed by atoms with Crippen LogP contribution >= 0.6 is 15.9 Å². The Balaban J connectivity index is 2.06. The van der Waals surface area contributed by atoms with E-state index in [1.165, 1.54) is 5.56 Å². The summed E-state index contributed by atoms with van der Waals surface area (Å²) in [5.74, 6) is -0.169. The van der Waals surface area contributed by atoms with Gasteiger partial charge >= 0.3 is 0 Å². The summed E-state index contributed by atoms with van der Waals surface area (Å²) in [6.07, 6.45) is 2.04. The fourth-order valence-corrected chi connectivity index (χ4v) is 2.26. The molecule has 0 aliphatic heterocycles. The van der Waals surface area contributed by atoms with Gasteiger partial charge in [-0.15, -0.1) is 0 Å². The fourth-order valence-electron chi connectivity index (χ4n) is 1.97. The molecule has 0 saturated heterocycles. The average Bonchev–Trinajstić information content (AvgIpc) is 2.53. The molecule has 1 N–H and O–H groups in total. The maximum Gasteiger partial charge on any atom is 0.255 e. The van der Waals surface area contributed by atoms with Crippen molar-refractivity contribution in [1.29, 1.82) is 5.26 Å². The predicted molar refractivity (Wildman–Crippen MR) is 87.7 cm³/mol. The zero-order chi connectivity index (χ0) is 15.1. The SMILES string of the molecule is N#Cc1ccc(C(=O)Nc2cccc(CCCBr)c2)cc1. The third-order valence-corrected chi connectivity index (χ3v) is 3.62. The molecule has 2 rings (SSSR count). The summed E-state index contributed by atoms with van der Waals surface area (Å²) in [7, 11) is 0. The van der Waals surface area contributed by atoms with Gasteiger partial charge in [0, 0.05) is 16.6 Å². The largest absolute Gasteiger partial charge is 0.322 e. The Morgan fingerprint density at radius 3 is 2.62 bits per heavy atom. The van der Waals surface area contributed by atoms with Crippen LogP contribution in [0.25, 0.3) is 0 Å². The number of halogens is 1. The zero-order valence-electron chi connectivity index (χ0n) is 11.5. The molecule has 0 atom stereocenters. The van der Waals surface area contributed by atoms with Gasteiger partial charge in [0.25, 0.3) is 5.91 Å². The molecular weight excluding hydrogens is 328 g/mol. The highest BCUT2D eigenvalue weighted by Gasteiger charge is 2.06. The maximum atomic E-state index is 12.1. The van der Waals surface area contributed by atoms with Crippen LogP contribution in [0.2, 0.25) is 0 Å². The number of aryl methyl sites for hydroxylation is 1. The molecule has 0 unspecified atom stereocenters. The lowest BCUT2D eigenvalue weighted by Crippen LogP contribution is -2.11. The molecule has 0 spiro atoms. The number of benzene rings is 2. The predicted octanol–water partition coefficient (Wildman–Crippen LogP) is 4.14. The number of anilines is 1. The number of alkyl halides is 1. The van der Waals surface area contributed by atoms with Crippen LogP contribution < -0.4 is 5.32 Å². The number of nitriles is 1. The molecule has 0 bridgehead atoms. The highest BCUT2D eigenvalue weighted by Crippen LogP contribution is 2.14. The van der Waals surface area contributed by atoms with E-state index >= 15 is 0 Å². The number of hydrogen-bond acceptors (Lipinski definition) is 2. The van der Waals surface area contributed by atoms with E-state index in [2.05, 4.69) is 27.3 Å². The van der Waals surface area contributed by atoms with Gasteiger partial charge in [-0.1, -0.05) is 28.1 Å². The van der Waals surface area contributed by atoms with Gasteiger partial charge < -0.3 is 5.32 Å². The lowest BCUT2D eigenvalue weighted by molar-refractivity contribution is 0.102. The van der Waals surface area contributed by atoms with Gasteiger partial charge in [0.1, 0.15) is 0 Å². The summed E-state index contributed by atoms with van der Waals surface area (Å²) in [6, 6.07) is 16.5. The number of amides is 1. The minimum absolute atomic E-state index is 0.169. The van der Waals surface area contributed by atoms with Crippen molar-refractivity contribution in [1.82, 2.24) is 0 Å². The fraction of sp³-hybridized carbons (Fsp3) is 0.176. The Bertz CT molecular complexity index is 659. The van der Waals surface area contributed by atoms with Crippen LogP contribution in [0.3, 0.4) is 0 Å². The number of carbonyl (C=O) groups is 1. The minimum Gasteiger partial charge on any atom is -0.322 e. The van der Waals surface area contributed by atoms with Gasteiger partial charge in [0.05, 0.1) is 11.6 Å². The van der Waals surface area contributed by atoms with Crippen LogP contribution in [0.4, 0.5) is 5.69 Å². The van der Waals surface area contributed by atoms with Crippen molar-refractivity contribution in [3.05, 3.63) is 65.2 Å². The minimum atomic E-state index is -0.169. The second kappa shape index (κ2) is 7.61. The first-order chi connectivity index (χ1) is 10.2. The van der Waals surface area contributed by atoms with Crippen LogP contribution in [-0.2, 0) is 6.42 Å². The number of nitrogens with one attached hydrogen (secondary N) is 1. The molecule has 0 heterocycles. The monoisotopic (exact) mass is 342 g/mol. The van der Waals surface area contributed by atoms with Crippen molar-refractivity contribution < 1.29 is 4.79 Å². The Morgan fingerprint density at radius 1 is 1.19 bits per heavy atom. The Labute approximate surface area is 132 Å².